The molecule has 4 rings (SSSR count). The zero-order chi connectivity index (χ0) is 18.8. The lowest BCUT2D eigenvalue weighted by molar-refractivity contribution is 0.550. The number of benzene rings is 1. The van der Waals surface area contributed by atoms with Crippen LogP contribution in [0.1, 0.15) is 24.4 Å². The molecular weight excluding hydrogens is 398 g/mol. The molecule has 3 heterocycles. The van der Waals surface area contributed by atoms with Crippen LogP contribution in [0.5, 0.6) is 0 Å². The number of hydrogen-bond donors (Lipinski definition) is 2. The Kier molecular flexibility index (Phi) is 5.41. The molecule has 1 aromatic carbocycles. The monoisotopic (exact) mass is 415 g/mol. The fourth-order valence-electron chi connectivity index (χ4n) is 3.01. The summed E-state index contributed by atoms with van der Waals surface area (Å²) in [6.45, 7) is 2.78. The van der Waals surface area contributed by atoms with Gasteiger partial charge in [0.05, 0.1) is 11.4 Å². The van der Waals surface area contributed by atoms with Crippen LogP contribution in [-0.4, -0.2) is 16.5 Å². The first-order valence-electron chi connectivity index (χ1n) is 8.65. The topological polar surface area (TPSA) is 57.8 Å². The standard InChI is InChI=1S/C20H18ClN3OS2/c1-12(22-8-7-13-4-2-5-14(21)10-13)18-23-19(25)17-15(11-27-20(17)24-18)16-6-3-9-26-16/h2-6,9-12,22H,7-8H2,1H3,(H,23,24,25)/t12-/m0/s1. The Morgan fingerprint density at radius 2 is 2.15 bits per heavy atom. The molecule has 4 aromatic rings. The zero-order valence-corrected chi connectivity index (χ0v) is 17.0. The number of fused-ring (bicyclic) bond motifs is 1. The van der Waals surface area contributed by atoms with Crippen molar-refractivity contribution in [2.24, 2.45) is 0 Å². The van der Waals surface area contributed by atoms with E-state index >= 15 is 0 Å². The highest BCUT2D eigenvalue weighted by Crippen LogP contribution is 2.33. The number of H-pyrrole nitrogens is 1. The Morgan fingerprint density at radius 3 is 2.93 bits per heavy atom. The van der Waals surface area contributed by atoms with Crippen molar-refractivity contribution in [1.29, 1.82) is 0 Å². The SMILES string of the molecule is C[C@H](NCCc1cccc(Cl)c1)c1nc2scc(-c3cccs3)c2c(=O)[nH]1. The summed E-state index contributed by atoms with van der Waals surface area (Å²) >= 11 is 9.17. The fourth-order valence-corrected chi connectivity index (χ4v) is 4.99. The van der Waals surface area contributed by atoms with E-state index in [1.165, 1.54) is 16.9 Å². The molecule has 0 saturated carbocycles. The normalized spacial score (nSPS) is 12.5. The lowest BCUT2D eigenvalue weighted by Crippen LogP contribution is -2.25. The molecule has 0 aliphatic heterocycles. The highest BCUT2D eigenvalue weighted by atomic mass is 35.5. The highest BCUT2D eigenvalue weighted by Gasteiger charge is 2.16. The van der Waals surface area contributed by atoms with Gasteiger partial charge in [0.15, 0.2) is 0 Å². The Balaban J connectivity index is 1.51. The number of rotatable bonds is 6. The van der Waals surface area contributed by atoms with Gasteiger partial charge in [-0.2, -0.15) is 0 Å². The molecule has 0 spiro atoms. The Bertz CT molecular complexity index is 1120. The van der Waals surface area contributed by atoms with E-state index in [0.29, 0.717) is 11.2 Å². The number of halogens is 1. The molecule has 27 heavy (non-hydrogen) atoms. The average molecular weight is 416 g/mol. The van der Waals surface area contributed by atoms with Crippen molar-refractivity contribution >= 4 is 44.5 Å². The molecule has 0 unspecified atom stereocenters. The molecule has 0 aliphatic carbocycles. The first-order valence-corrected chi connectivity index (χ1v) is 10.8. The maximum atomic E-state index is 12.7. The van der Waals surface area contributed by atoms with Gasteiger partial charge in [-0.05, 0) is 49.0 Å². The summed E-state index contributed by atoms with van der Waals surface area (Å²) < 4.78 is 0. The van der Waals surface area contributed by atoms with Gasteiger partial charge >= 0.3 is 0 Å². The van der Waals surface area contributed by atoms with Crippen LogP contribution >= 0.6 is 34.3 Å². The van der Waals surface area contributed by atoms with Gasteiger partial charge in [0.2, 0.25) is 0 Å². The largest absolute Gasteiger partial charge is 0.309 e. The van der Waals surface area contributed by atoms with Crippen LogP contribution < -0.4 is 10.9 Å². The van der Waals surface area contributed by atoms with Gasteiger partial charge in [-0.3, -0.25) is 4.79 Å². The third kappa shape index (κ3) is 3.99. The van der Waals surface area contributed by atoms with E-state index in [2.05, 4.69) is 16.4 Å². The zero-order valence-electron chi connectivity index (χ0n) is 14.7. The summed E-state index contributed by atoms with van der Waals surface area (Å²) in [6.07, 6.45) is 0.860. The Morgan fingerprint density at radius 1 is 1.26 bits per heavy atom. The number of aromatic nitrogens is 2. The first-order chi connectivity index (χ1) is 13.1. The molecule has 0 amide bonds. The third-order valence-electron chi connectivity index (χ3n) is 4.41. The summed E-state index contributed by atoms with van der Waals surface area (Å²) in [6, 6.07) is 11.8. The Hall–Kier alpha value is -1.99. The van der Waals surface area contributed by atoms with Crippen LogP contribution in [-0.2, 0) is 6.42 Å². The van der Waals surface area contributed by atoms with Crippen LogP contribution in [0.15, 0.2) is 52.0 Å². The maximum absolute atomic E-state index is 12.7. The molecule has 0 saturated heterocycles. The molecule has 1 atom stereocenters. The molecule has 0 fully saturated rings. The summed E-state index contributed by atoms with van der Waals surface area (Å²) in [5, 5.41) is 8.88. The van der Waals surface area contributed by atoms with Gasteiger partial charge in [-0.15, -0.1) is 22.7 Å². The van der Waals surface area contributed by atoms with Crippen LogP contribution in [0.25, 0.3) is 20.7 Å². The molecule has 3 aromatic heterocycles. The Labute approximate surface area is 169 Å². The van der Waals surface area contributed by atoms with Gasteiger partial charge in [0.1, 0.15) is 10.7 Å². The predicted molar refractivity (Wildman–Crippen MR) is 115 cm³/mol. The molecule has 0 aliphatic rings. The summed E-state index contributed by atoms with van der Waals surface area (Å²) in [5.41, 5.74) is 2.06. The van der Waals surface area contributed by atoms with E-state index in [1.807, 2.05) is 48.0 Å². The first kappa shape index (κ1) is 18.4. The fraction of sp³-hybridized carbons (Fsp3) is 0.200. The van der Waals surface area contributed by atoms with E-state index in [0.717, 1.165) is 33.3 Å². The van der Waals surface area contributed by atoms with Crippen LogP contribution in [0.4, 0.5) is 0 Å². The van der Waals surface area contributed by atoms with Crippen molar-refractivity contribution in [3.63, 3.8) is 0 Å². The number of aromatic amines is 1. The number of hydrogen-bond acceptors (Lipinski definition) is 5. The van der Waals surface area contributed by atoms with Gasteiger partial charge in [0.25, 0.3) is 5.56 Å². The third-order valence-corrected chi connectivity index (χ3v) is 6.42. The predicted octanol–water partition coefficient (Wildman–Crippen LogP) is 5.26. The van der Waals surface area contributed by atoms with E-state index in [9.17, 15) is 4.79 Å². The van der Waals surface area contributed by atoms with Gasteiger partial charge in [-0.1, -0.05) is 29.8 Å². The van der Waals surface area contributed by atoms with Crippen molar-refractivity contribution in [3.05, 3.63) is 73.9 Å². The molecule has 4 nitrogen and oxygen atoms in total. The molecule has 0 radical (unpaired) electrons. The highest BCUT2D eigenvalue weighted by molar-refractivity contribution is 7.18. The van der Waals surface area contributed by atoms with Crippen molar-refractivity contribution in [1.82, 2.24) is 15.3 Å². The second-order valence-electron chi connectivity index (χ2n) is 6.31. The van der Waals surface area contributed by atoms with E-state index in [-0.39, 0.29) is 11.6 Å². The number of thiophene rings is 2. The lowest BCUT2D eigenvalue weighted by Gasteiger charge is -2.13. The van der Waals surface area contributed by atoms with E-state index < -0.39 is 0 Å². The minimum Gasteiger partial charge on any atom is -0.309 e. The maximum Gasteiger partial charge on any atom is 0.260 e. The van der Waals surface area contributed by atoms with Gasteiger partial charge in [-0.25, -0.2) is 4.98 Å². The second kappa shape index (κ2) is 7.94. The number of nitrogens with one attached hydrogen (secondary N) is 2. The minimum absolute atomic E-state index is 0.0476. The summed E-state index contributed by atoms with van der Waals surface area (Å²) in [7, 11) is 0. The van der Waals surface area contributed by atoms with Crippen molar-refractivity contribution in [2.45, 2.75) is 19.4 Å². The second-order valence-corrected chi connectivity index (χ2v) is 8.56. The minimum atomic E-state index is -0.0804. The van der Waals surface area contributed by atoms with Gasteiger partial charge < -0.3 is 10.3 Å². The molecule has 7 heteroatoms. The van der Waals surface area contributed by atoms with Crippen LogP contribution in [0, 0.1) is 0 Å². The van der Waals surface area contributed by atoms with E-state index in [4.69, 9.17) is 16.6 Å². The quantitative estimate of drug-likeness (QED) is 0.451. The number of nitrogens with zero attached hydrogens (tertiary/aromatic N) is 1. The van der Waals surface area contributed by atoms with Gasteiger partial charge in [0, 0.05) is 20.8 Å². The van der Waals surface area contributed by atoms with Crippen LogP contribution in [0.3, 0.4) is 0 Å². The molecule has 2 N–H and O–H groups in total. The van der Waals surface area contributed by atoms with E-state index in [1.54, 1.807) is 11.3 Å². The average Bonchev–Trinajstić information content (AvgIpc) is 3.31. The summed E-state index contributed by atoms with van der Waals surface area (Å²) in [4.78, 5) is 22.2. The van der Waals surface area contributed by atoms with Crippen molar-refractivity contribution in [3.8, 4) is 10.4 Å². The molecule has 0 bridgehead atoms. The van der Waals surface area contributed by atoms with Crippen molar-refractivity contribution < 1.29 is 0 Å². The lowest BCUT2D eigenvalue weighted by atomic mass is 10.1. The smallest absolute Gasteiger partial charge is 0.260 e. The molecular formula is C20H18ClN3OS2. The molecule has 138 valence electrons. The van der Waals surface area contributed by atoms with Crippen molar-refractivity contribution in [2.75, 3.05) is 6.54 Å². The van der Waals surface area contributed by atoms with Crippen LogP contribution in [0.2, 0.25) is 5.02 Å². The summed E-state index contributed by atoms with van der Waals surface area (Å²) in [5.74, 6) is 0.665.